The Bertz CT molecular complexity index is 401. The SMILES string of the molecule is CNCC1CCC(c2ccccc2)(N2CCCC2)CC1. The highest BCUT2D eigenvalue weighted by Gasteiger charge is 2.42. The fraction of sp³-hybridized carbons (Fsp3) is 0.667. The van der Waals surface area contributed by atoms with Crippen molar-refractivity contribution < 1.29 is 0 Å². The lowest BCUT2D eigenvalue weighted by atomic mass is 9.71. The molecule has 2 aliphatic rings. The highest BCUT2D eigenvalue weighted by Crippen LogP contribution is 2.45. The van der Waals surface area contributed by atoms with Gasteiger partial charge in [-0.3, -0.25) is 4.90 Å². The molecule has 1 heterocycles. The molecule has 1 N–H and O–H groups in total. The fourth-order valence-corrected chi connectivity index (χ4v) is 4.33. The predicted molar refractivity (Wildman–Crippen MR) is 84.8 cm³/mol. The van der Waals surface area contributed by atoms with Crippen molar-refractivity contribution in [3.8, 4) is 0 Å². The van der Waals surface area contributed by atoms with Crippen LogP contribution in [-0.4, -0.2) is 31.6 Å². The predicted octanol–water partition coefficient (Wildman–Crippen LogP) is 3.39. The average molecular weight is 272 g/mol. The zero-order valence-corrected chi connectivity index (χ0v) is 12.8. The molecular weight excluding hydrogens is 244 g/mol. The second kappa shape index (κ2) is 6.28. The molecule has 1 saturated heterocycles. The van der Waals surface area contributed by atoms with Crippen LogP contribution >= 0.6 is 0 Å². The van der Waals surface area contributed by atoms with Gasteiger partial charge in [-0.15, -0.1) is 0 Å². The third kappa shape index (κ3) is 2.64. The molecule has 0 amide bonds. The lowest BCUT2D eigenvalue weighted by molar-refractivity contribution is 0.0530. The van der Waals surface area contributed by atoms with E-state index in [1.165, 1.54) is 58.2 Å². The molecule has 1 aromatic carbocycles. The van der Waals surface area contributed by atoms with Crippen LogP contribution in [0.2, 0.25) is 0 Å². The maximum Gasteiger partial charge on any atom is 0.0460 e. The van der Waals surface area contributed by atoms with E-state index < -0.39 is 0 Å². The number of benzene rings is 1. The molecular formula is C18H28N2. The van der Waals surface area contributed by atoms with E-state index in [-0.39, 0.29) is 0 Å². The number of hydrogen-bond donors (Lipinski definition) is 1. The molecule has 0 atom stereocenters. The standard InChI is InChI=1S/C18H28N2/c1-19-15-16-9-11-18(12-10-16,20-13-5-6-14-20)17-7-3-2-4-8-17/h2-4,7-8,16,19H,5-6,9-15H2,1H3. The summed E-state index contributed by atoms with van der Waals surface area (Å²) in [6.45, 7) is 3.78. The Morgan fingerprint density at radius 3 is 2.35 bits per heavy atom. The van der Waals surface area contributed by atoms with Gasteiger partial charge in [0.1, 0.15) is 0 Å². The first kappa shape index (κ1) is 14.1. The fourth-order valence-electron chi connectivity index (χ4n) is 4.33. The highest BCUT2D eigenvalue weighted by molar-refractivity contribution is 5.26. The summed E-state index contributed by atoms with van der Waals surface area (Å²) in [7, 11) is 2.08. The molecule has 0 aromatic heterocycles. The third-order valence-electron chi connectivity index (χ3n) is 5.45. The molecule has 1 aliphatic carbocycles. The summed E-state index contributed by atoms with van der Waals surface area (Å²) < 4.78 is 0. The summed E-state index contributed by atoms with van der Waals surface area (Å²) in [6, 6.07) is 11.3. The van der Waals surface area contributed by atoms with Crippen LogP contribution in [0, 0.1) is 5.92 Å². The van der Waals surface area contributed by atoms with Crippen LogP contribution in [0.4, 0.5) is 0 Å². The maximum atomic E-state index is 3.36. The molecule has 110 valence electrons. The van der Waals surface area contributed by atoms with Gasteiger partial charge in [-0.1, -0.05) is 30.3 Å². The van der Waals surface area contributed by atoms with Crippen molar-refractivity contribution in [3.05, 3.63) is 35.9 Å². The minimum Gasteiger partial charge on any atom is -0.319 e. The molecule has 1 aliphatic heterocycles. The van der Waals surface area contributed by atoms with Crippen LogP contribution in [0.3, 0.4) is 0 Å². The van der Waals surface area contributed by atoms with E-state index in [1.807, 2.05) is 0 Å². The van der Waals surface area contributed by atoms with Gasteiger partial charge in [0.25, 0.3) is 0 Å². The Balaban J connectivity index is 1.82. The maximum absolute atomic E-state index is 3.36. The zero-order chi connectivity index (χ0) is 13.8. The van der Waals surface area contributed by atoms with Crippen molar-refractivity contribution in [1.82, 2.24) is 10.2 Å². The van der Waals surface area contributed by atoms with E-state index in [0.717, 1.165) is 5.92 Å². The minimum absolute atomic E-state index is 0.335. The van der Waals surface area contributed by atoms with Crippen LogP contribution in [0.1, 0.15) is 44.1 Å². The lowest BCUT2D eigenvalue weighted by Crippen LogP contribution is -2.47. The summed E-state index contributed by atoms with van der Waals surface area (Å²) in [6.07, 6.45) is 8.17. The molecule has 0 bridgehead atoms. The van der Waals surface area contributed by atoms with Gasteiger partial charge < -0.3 is 5.32 Å². The molecule has 0 unspecified atom stereocenters. The molecule has 1 aromatic rings. The first-order valence-corrected chi connectivity index (χ1v) is 8.30. The third-order valence-corrected chi connectivity index (χ3v) is 5.45. The molecule has 1 saturated carbocycles. The Labute approximate surface area is 123 Å². The molecule has 0 spiro atoms. The first-order chi connectivity index (χ1) is 9.85. The molecule has 2 nitrogen and oxygen atoms in total. The van der Waals surface area contributed by atoms with E-state index in [4.69, 9.17) is 0 Å². The summed E-state index contributed by atoms with van der Waals surface area (Å²) in [5.41, 5.74) is 1.90. The lowest BCUT2D eigenvalue weighted by Gasteiger charge is -2.47. The van der Waals surface area contributed by atoms with E-state index in [2.05, 4.69) is 47.6 Å². The minimum atomic E-state index is 0.335. The van der Waals surface area contributed by atoms with Gasteiger partial charge in [-0.05, 0) is 76.7 Å². The van der Waals surface area contributed by atoms with Gasteiger partial charge >= 0.3 is 0 Å². The van der Waals surface area contributed by atoms with E-state index >= 15 is 0 Å². The van der Waals surface area contributed by atoms with Gasteiger partial charge in [-0.2, -0.15) is 0 Å². The average Bonchev–Trinajstić information content (AvgIpc) is 3.04. The van der Waals surface area contributed by atoms with Crippen molar-refractivity contribution >= 4 is 0 Å². The quantitative estimate of drug-likeness (QED) is 0.904. The molecule has 3 rings (SSSR count). The van der Waals surface area contributed by atoms with Gasteiger partial charge in [0.05, 0.1) is 0 Å². The molecule has 2 heteroatoms. The molecule has 0 radical (unpaired) electrons. The smallest absolute Gasteiger partial charge is 0.0460 e. The Morgan fingerprint density at radius 1 is 1.10 bits per heavy atom. The molecule has 20 heavy (non-hydrogen) atoms. The van der Waals surface area contributed by atoms with Crippen molar-refractivity contribution in [2.24, 2.45) is 5.92 Å². The van der Waals surface area contributed by atoms with Gasteiger partial charge in [0.2, 0.25) is 0 Å². The van der Waals surface area contributed by atoms with Crippen molar-refractivity contribution in [1.29, 1.82) is 0 Å². The number of hydrogen-bond acceptors (Lipinski definition) is 2. The Kier molecular flexibility index (Phi) is 4.42. The van der Waals surface area contributed by atoms with Crippen LogP contribution < -0.4 is 5.32 Å². The van der Waals surface area contributed by atoms with Crippen LogP contribution in [-0.2, 0) is 5.54 Å². The van der Waals surface area contributed by atoms with E-state index in [1.54, 1.807) is 5.56 Å². The summed E-state index contributed by atoms with van der Waals surface area (Å²) >= 11 is 0. The zero-order valence-electron chi connectivity index (χ0n) is 12.8. The topological polar surface area (TPSA) is 15.3 Å². The largest absolute Gasteiger partial charge is 0.319 e. The summed E-state index contributed by atoms with van der Waals surface area (Å²) in [5.74, 6) is 0.874. The summed E-state index contributed by atoms with van der Waals surface area (Å²) in [5, 5.41) is 3.36. The molecule has 2 fully saturated rings. The van der Waals surface area contributed by atoms with Crippen molar-refractivity contribution in [2.45, 2.75) is 44.1 Å². The van der Waals surface area contributed by atoms with Gasteiger partial charge in [0.15, 0.2) is 0 Å². The first-order valence-electron chi connectivity index (χ1n) is 8.30. The second-order valence-corrected chi connectivity index (χ2v) is 6.59. The number of rotatable bonds is 4. The van der Waals surface area contributed by atoms with Gasteiger partial charge in [-0.25, -0.2) is 0 Å². The number of nitrogens with zero attached hydrogens (tertiary/aromatic N) is 1. The Hall–Kier alpha value is -0.860. The second-order valence-electron chi connectivity index (χ2n) is 6.59. The van der Waals surface area contributed by atoms with Gasteiger partial charge in [0, 0.05) is 5.54 Å². The number of nitrogens with one attached hydrogen (secondary N) is 1. The van der Waals surface area contributed by atoms with Crippen LogP contribution in [0.5, 0.6) is 0 Å². The highest BCUT2D eigenvalue weighted by atomic mass is 15.2. The van der Waals surface area contributed by atoms with Crippen molar-refractivity contribution in [2.75, 3.05) is 26.7 Å². The van der Waals surface area contributed by atoms with Crippen LogP contribution in [0.25, 0.3) is 0 Å². The van der Waals surface area contributed by atoms with Crippen molar-refractivity contribution in [3.63, 3.8) is 0 Å². The van der Waals surface area contributed by atoms with Crippen LogP contribution in [0.15, 0.2) is 30.3 Å². The normalized spacial score (nSPS) is 31.6. The monoisotopic (exact) mass is 272 g/mol. The van der Waals surface area contributed by atoms with E-state index in [9.17, 15) is 0 Å². The Morgan fingerprint density at radius 2 is 1.75 bits per heavy atom. The summed E-state index contributed by atoms with van der Waals surface area (Å²) in [4.78, 5) is 2.79. The van der Waals surface area contributed by atoms with E-state index in [0.29, 0.717) is 5.54 Å². The number of likely N-dealkylation sites (tertiary alicyclic amines) is 1.